The summed E-state index contributed by atoms with van der Waals surface area (Å²) in [4.78, 5) is 13.7. The minimum absolute atomic E-state index is 0.159. The lowest BCUT2D eigenvalue weighted by Gasteiger charge is -2.20. The third kappa shape index (κ3) is 5.13. The molecule has 0 saturated carbocycles. The number of nitrogens with zero attached hydrogens (tertiary/aromatic N) is 1. The fourth-order valence-corrected chi connectivity index (χ4v) is 2.25. The van der Waals surface area contributed by atoms with E-state index in [4.69, 9.17) is 4.42 Å². The lowest BCUT2D eigenvalue weighted by atomic mass is 10.3. The molecule has 1 amide bonds. The van der Waals surface area contributed by atoms with Gasteiger partial charge in [-0.2, -0.15) is 0 Å². The van der Waals surface area contributed by atoms with E-state index in [1.54, 1.807) is 18.0 Å². The maximum atomic E-state index is 11.9. The molecule has 0 N–H and O–H groups in total. The highest BCUT2D eigenvalue weighted by molar-refractivity contribution is 7.99. The van der Waals surface area contributed by atoms with Gasteiger partial charge in [-0.25, -0.2) is 0 Å². The quantitative estimate of drug-likeness (QED) is 0.701. The lowest BCUT2D eigenvalue weighted by Crippen LogP contribution is -2.33. The molecule has 1 rings (SSSR count). The highest BCUT2D eigenvalue weighted by Crippen LogP contribution is 2.13. The van der Waals surface area contributed by atoms with Gasteiger partial charge in [0.1, 0.15) is 5.76 Å². The Morgan fingerprint density at radius 1 is 1.59 bits per heavy atom. The minimum Gasteiger partial charge on any atom is -0.468 e. The van der Waals surface area contributed by atoms with Gasteiger partial charge in [-0.1, -0.05) is 12.2 Å². The molecule has 0 aliphatic carbocycles. The van der Waals surface area contributed by atoms with Gasteiger partial charge in [-0.15, -0.1) is 11.8 Å². The van der Waals surface area contributed by atoms with Crippen LogP contribution in [0.4, 0.5) is 0 Å². The van der Waals surface area contributed by atoms with Gasteiger partial charge < -0.3 is 9.32 Å². The zero-order chi connectivity index (χ0) is 12.7. The van der Waals surface area contributed by atoms with Crippen LogP contribution >= 0.6 is 11.8 Å². The average Bonchev–Trinajstić information content (AvgIpc) is 2.78. The van der Waals surface area contributed by atoms with Gasteiger partial charge in [0, 0.05) is 13.1 Å². The highest BCUT2D eigenvalue weighted by Gasteiger charge is 2.11. The number of carbonyl (C=O) groups excluding carboxylic acids is 1. The molecule has 0 aliphatic heterocycles. The summed E-state index contributed by atoms with van der Waals surface area (Å²) < 4.78 is 5.21. The Balaban J connectivity index is 2.29. The van der Waals surface area contributed by atoms with E-state index in [9.17, 15) is 4.79 Å². The Morgan fingerprint density at radius 3 is 2.88 bits per heavy atom. The second-order valence-corrected chi connectivity index (χ2v) is 4.92. The number of hydrogen-bond donors (Lipinski definition) is 0. The molecule has 0 radical (unpaired) electrons. The van der Waals surface area contributed by atoms with Gasteiger partial charge in [-0.05, 0) is 26.0 Å². The second kappa shape index (κ2) is 7.22. The molecule has 0 aromatic carbocycles. The van der Waals surface area contributed by atoms with Crippen LogP contribution in [0.3, 0.4) is 0 Å². The highest BCUT2D eigenvalue weighted by atomic mass is 32.2. The zero-order valence-corrected chi connectivity index (χ0v) is 11.3. The minimum atomic E-state index is 0.159. The summed E-state index contributed by atoms with van der Waals surface area (Å²) in [5.41, 5.74) is 1.01. The van der Waals surface area contributed by atoms with Gasteiger partial charge in [0.25, 0.3) is 0 Å². The van der Waals surface area contributed by atoms with E-state index < -0.39 is 0 Å². The van der Waals surface area contributed by atoms with Crippen LogP contribution in [0.25, 0.3) is 0 Å². The molecule has 0 fully saturated rings. The smallest absolute Gasteiger partial charge is 0.232 e. The molecular weight excluding hydrogens is 234 g/mol. The lowest BCUT2D eigenvalue weighted by molar-refractivity contribution is -0.127. The predicted molar refractivity (Wildman–Crippen MR) is 71.9 cm³/mol. The molecule has 0 unspecified atom stereocenters. The van der Waals surface area contributed by atoms with Gasteiger partial charge >= 0.3 is 0 Å². The third-order valence-corrected chi connectivity index (χ3v) is 3.18. The predicted octanol–water partition coefficient (Wildman–Crippen LogP) is 2.94. The van der Waals surface area contributed by atoms with Crippen molar-refractivity contribution in [3.63, 3.8) is 0 Å². The van der Waals surface area contributed by atoms with E-state index in [2.05, 4.69) is 6.58 Å². The summed E-state index contributed by atoms with van der Waals surface area (Å²) >= 11 is 1.58. The third-order valence-electron chi connectivity index (χ3n) is 2.25. The van der Waals surface area contributed by atoms with Gasteiger partial charge in [-0.3, -0.25) is 4.79 Å². The molecule has 0 spiro atoms. The molecule has 1 aromatic rings. The molecule has 4 heteroatoms. The van der Waals surface area contributed by atoms with Crippen LogP contribution in [0.2, 0.25) is 0 Å². The number of rotatable bonds is 7. The first-order valence-electron chi connectivity index (χ1n) is 5.65. The van der Waals surface area contributed by atoms with Gasteiger partial charge in [0.15, 0.2) is 0 Å². The molecular formula is C13H19NO2S. The molecule has 1 heterocycles. The van der Waals surface area contributed by atoms with Gasteiger partial charge in [0.2, 0.25) is 5.91 Å². The van der Waals surface area contributed by atoms with Crippen LogP contribution in [-0.2, 0) is 10.5 Å². The van der Waals surface area contributed by atoms with Crippen LogP contribution in [0.15, 0.2) is 35.0 Å². The van der Waals surface area contributed by atoms with Gasteiger partial charge in [0.05, 0.1) is 17.8 Å². The molecule has 17 heavy (non-hydrogen) atoms. The molecule has 0 aliphatic rings. The van der Waals surface area contributed by atoms with Crippen molar-refractivity contribution < 1.29 is 9.21 Å². The summed E-state index contributed by atoms with van der Waals surface area (Å²) in [5.74, 6) is 2.29. The summed E-state index contributed by atoms with van der Waals surface area (Å²) in [6.45, 7) is 9.13. The SMILES string of the molecule is C=C(C)CN(CC)C(=O)CSCc1ccco1. The van der Waals surface area contributed by atoms with E-state index in [1.165, 1.54) is 0 Å². The normalized spacial score (nSPS) is 10.2. The maximum absolute atomic E-state index is 11.9. The van der Waals surface area contributed by atoms with Crippen molar-refractivity contribution in [2.24, 2.45) is 0 Å². The number of hydrogen-bond acceptors (Lipinski definition) is 3. The first-order chi connectivity index (χ1) is 8.13. The summed E-state index contributed by atoms with van der Waals surface area (Å²) in [7, 11) is 0. The Labute approximate surface area is 107 Å². The largest absolute Gasteiger partial charge is 0.468 e. The second-order valence-electron chi connectivity index (χ2n) is 3.94. The first-order valence-corrected chi connectivity index (χ1v) is 6.81. The van der Waals surface area contributed by atoms with Crippen LogP contribution in [-0.4, -0.2) is 29.6 Å². The van der Waals surface area contributed by atoms with Crippen LogP contribution in [0.5, 0.6) is 0 Å². The van der Waals surface area contributed by atoms with Crippen molar-refractivity contribution in [1.29, 1.82) is 0 Å². The number of likely N-dealkylation sites (N-methyl/N-ethyl adjacent to an activating group) is 1. The molecule has 0 bridgehead atoms. The van der Waals surface area contributed by atoms with E-state index in [0.717, 1.165) is 23.6 Å². The fraction of sp³-hybridized carbons (Fsp3) is 0.462. The summed E-state index contributed by atoms with van der Waals surface area (Å²) in [6.07, 6.45) is 1.65. The van der Waals surface area contributed by atoms with Crippen LogP contribution in [0, 0.1) is 0 Å². The van der Waals surface area contributed by atoms with E-state index in [0.29, 0.717) is 12.3 Å². The van der Waals surface area contributed by atoms with E-state index >= 15 is 0 Å². The van der Waals surface area contributed by atoms with Crippen molar-refractivity contribution in [2.45, 2.75) is 19.6 Å². The number of thioether (sulfide) groups is 1. The molecule has 3 nitrogen and oxygen atoms in total. The maximum Gasteiger partial charge on any atom is 0.232 e. The fourth-order valence-electron chi connectivity index (χ4n) is 1.43. The Hall–Kier alpha value is -1.16. The van der Waals surface area contributed by atoms with Crippen molar-refractivity contribution in [2.75, 3.05) is 18.8 Å². The standard InChI is InChI=1S/C13H19NO2S/c1-4-14(8-11(2)3)13(15)10-17-9-12-6-5-7-16-12/h5-7H,2,4,8-10H2,1,3H3. The Morgan fingerprint density at radius 2 is 2.35 bits per heavy atom. The average molecular weight is 253 g/mol. The van der Waals surface area contributed by atoms with Crippen molar-refractivity contribution >= 4 is 17.7 Å². The monoisotopic (exact) mass is 253 g/mol. The molecule has 94 valence electrons. The Kier molecular flexibility index (Phi) is 5.91. The molecule has 0 saturated heterocycles. The van der Waals surface area contributed by atoms with Crippen LogP contribution in [0.1, 0.15) is 19.6 Å². The number of carbonyl (C=O) groups is 1. The van der Waals surface area contributed by atoms with Crippen molar-refractivity contribution in [3.8, 4) is 0 Å². The van der Waals surface area contributed by atoms with E-state index in [-0.39, 0.29) is 5.91 Å². The zero-order valence-electron chi connectivity index (χ0n) is 10.4. The summed E-state index contributed by atoms with van der Waals surface area (Å²) in [6, 6.07) is 3.78. The van der Waals surface area contributed by atoms with E-state index in [1.807, 2.05) is 30.9 Å². The summed E-state index contributed by atoms with van der Waals surface area (Å²) in [5, 5.41) is 0. The van der Waals surface area contributed by atoms with Crippen molar-refractivity contribution in [3.05, 3.63) is 36.3 Å². The first kappa shape index (κ1) is 13.9. The topological polar surface area (TPSA) is 33.5 Å². The van der Waals surface area contributed by atoms with Crippen molar-refractivity contribution in [1.82, 2.24) is 4.90 Å². The molecule has 0 atom stereocenters. The number of furan rings is 1. The van der Waals surface area contributed by atoms with Crippen LogP contribution < -0.4 is 0 Å². The molecule has 1 aromatic heterocycles. The number of amides is 1. The Bertz CT molecular complexity index is 360.